The van der Waals surface area contributed by atoms with Gasteiger partial charge in [0.25, 0.3) is 0 Å². The van der Waals surface area contributed by atoms with E-state index in [1.807, 2.05) is 0 Å². The lowest BCUT2D eigenvalue weighted by Crippen LogP contribution is -2.34. The number of aromatic nitrogens is 4. The molecular weight excluding hydrogens is 326 g/mol. The van der Waals surface area contributed by atoms with Gasteiger partial charge in [0, 0.05) is 7.05 Å². The highest BCUT2D eigenvalue weighted by molar-refractivity contribution is 5.97. The molecule has 9 nitrogen and oxygen atoms in total. The maximum Gasteiger partial charge on any atom is 0.421 e. The van der Waals surface area contributed by atoms with E-state index in [9.17, 15) is 9.59 Å². The van der Waals surface area contributed by atoms with Gasteiger partial charge in [0.2, 0.25) is 0 Å². The molecule has 0 radical (unpaired) electrons. The predicted octanol–water partition coefficient (Wildman–Crippen LogP) is 2.98. The molecule has 0 unspecified atom stereocenters. The molecular formula is C16H23N5O4. The highest BCUT2D eigenvalue weighted by atomic mass is 16.6. The van der Waals surface area contributed by atoms with E-state index in [0.717, 1.165) is 0 Å². The molecule has 0 aromatic carbocycles. The first-order chi connectivity index (χ1) is 11.4. The van der Waals surface area contributed by atoms with Crippen molar-refractivity contribution in [3.8, 4) is 0 Å². The number of rotatable bonds is 1. The van der Waals surface area contributed by atoms with Crippen LogP contribution in [0.2, 0.25) is 0 Å². The van der Waals surface area contributed by atoms with Crippen molar-refractivity contribution in [2.75, 3.05) is 11.9 Å². The second kappa shape index (κ2) is 6.30. The molecule has 0 saturated heterocycles. The fourth-order valence-electron chi connectivity index (χ4n) is 1.93. The van der Waals surface area contributed by atoms with Gasteiger partial charge in [-0.15, -0.1) is 0 Å². The highest BCUT2D eigenvalue weighted by Crippen LogP contribution is 2.23. The van der Waals surface area contributed by atoms with Crippen LogP contribution in [-0.4, -0.2) is 50.0 Å². The van der Waals surface area contributed by atoms with Crippen LogP contribution in [0.15, 0.2) is 12.7 Å². The third-order valence-electron chi connectivity index (χ3n) is 2.89. The van der Waals surface area contributed by atoms with Crippen molar-refractivity contribution in [2.24, 2.45) is 0 Å². The van der Waals surface area contributed by atoms with E-state index in [1.165, 1.54) is 29.2 Å². The number of carbonyl (C=O) groups excluding carboxylic acids is 2. The Bertz CT molecular complexity index is 801. The van der Waals surface area contributed by atoms with Gasteiger partial charge < -0.3 is 9.47 Å². The number of hydrogen-bond donors (Lipinski definition) is 0. The maximum atomic E-state index is 12.3. The molecule has 0 aliphatic heterocycles. The largest absolute Gasteiger partial charge is 0.443 e. The van der Waals surface area contributed by atoms with Gasteiger partial charge in [-0.05, 0) is 41.5 Å². The summed E-state index contributed by atoms with van der Waals surface area (Å²) in [5.41, 5.74) is -0.763. The van der Waals surface area contributed by atoms with Crippen molar-refractivity contribution in [2.45, 2.75) is 52.7 Å². The fourth-order valence-corrected chi connectivity index (χ4v) is 1.93. The standard InChI is InChI=1S/C16H23N5O4/c1-15(2,3)24-13(22)20(7)11-10-12(18-8-17-11)21(9-19-10)14(23)25-16(4,5)6/h8-9H,1-7H3. The predicted molar refractivity (Wildman–Crippen MR) is 91.6 cm³/mol. The van der Waals surface area contributed by atoms with Gasteiger partial charge in [0.15, 0.2) is 17.0 Å². The van der Waals surface area contributed by atoms with Crippen molar-refractivity contribution in [3.63, 3.8) is 0 Å². The first-order valence-electron chi connectivity index (χ1n) is 7.77. The van der Waals surface area contributed by atoms with Gasteiger partial charge >= 0.3 is 12.2 Å². The topological polar surface area (TPSA) is 99.4 Å². The molecule has 25 heavy (non-hydrogen) atoms. The lowest BCUT2D eigenvalue weighted by Gasteiger charge is -2.24. The SMILES string of the molecule is CN(C(=O)OC(C)(C)C)c1ncnc2c1ncn2C(=O)OC(C)(C)C. The zero-order valence-electron chi connectivity index (χ0n) is 15.5. The van der Waals surface area contributed by atoms with Crippen LogP contribution in [0.4, 0.5) is 15.4 Å². The van der Waals surface area contributed by atoms with Gasteiger partial charge in [-0.2, -0.15) is 0 Å². The number of ether oxygens (including phenoxy) is 2. The van der Waals surface area contributed by atoms with E-state index in [0.29, 0.717) is 5.52 Å². The molecule has 0 saturated carbocycles. The van der Waals surface area contributed by atoms with Crippen LogP contribution in [0, 0.1) is 0 Å². The minimum absolute atomic E-state index is 0.238. The number of carbonyl (C=O) groups is 2. The van der Waals surface area contributed by atoms with Gasteiger partial charge in [-0.3, -0.25) is 4.90 Å². The van der Waals surface area contributed by atoms with Crippen molar-refractivity contribution in [1.29, 1.82) is 0 Å². The van der Waals surface area contributed by atoms with Crippen LogP contribution in [0.25, 0.3) is 11.2 Å². The van der Waals surface area contributed by atoms with Gasteiger partial charge in [0.1, 0.15) is 23.9 Å². The lowest BCUT2D eigenvalue weighted by molar-refractivity contribution is 0.0540. The first-order valence-corrected chi connectivity index (χ1v) is 7.77. The van der Waals surface area contributed by atoms with E-state index in [1.54, 1.807) is 41.5 Å². The summed E-state index contributed by atoms with van der Waals surface area (Å²) in [6.45, 7) is 10.6. The number of fused-ring (bicyclic) bond motifs is 1. The smallest absolute Gasteiger partial charge is 0.421 e. The Morgan fingerprint density at radius 3 is 2.16 bits per heavy atom. The number of anilines is 1. The molecule has 2 rings (SSSR count). The molecule has 0 fully saturated rings. The number of nitrogens with zero attached hydrogens (tertiary/aromatic N) is 5. The molecule has 0 spiro atoms. The molecule has 2 heterocycles. The fraction of sp³-hybridized carbons (Fsp3) is 0.562. The van der Waals surface area contributed by atoms with Crippen LogP contribution >= 0.6 is 0 Å². The third-order valence-corrected chi connectivity index (χ3v) is 2.89. The van der Waals surface area contributed by atoms with E-state index in [2.05, 4.69) is 15.0 Å². The van der Waals surface area contributed by atoms with Crippen LogP contribution in [0.5, 0.6) is 0 Å². The van der Waals surface area contributed by atoms with Crippen molar-refractivity contribution >= 4 is 29.2 Å². The Morgan fingerprint density at radius 2 is 1.60 bits per heavy atom. The molecule has 136 valence electrons. The van der Waals surface area contributed by atoms with Crippen molar-refractivity contribution in [1.82, 2.24) is 19.5 Å². The van der Waals surface area contributed by atoms with Crippen molar-refractivity contribution < 1.29 is 19.1 Å². The summed E-state index contributed by atoms with van der Waals surface area (Å²) in [5, 5.41) is 0. The molecule has 0 atom stereocenters. The average Bonchev–Trinajstić information content (AvgIpc) is 2.86. The Hall–Kier alpha value is -2.71. The Kier molecular flexibility index (Phi) is 4.70. The first kappa shape index (κ1) is 18.6. The third kappa shape index (κ3) is 4.43. The molecule has 0 N–H and O–H groups in total. The number of amides is 1. The molecule has 9 heteroatoms. The minimum Gasteiger partial charge on any atom is -0.443 e. The molecule has 0 aliphatic rings. The van der Waals surface area contributed by atoms with Crippen molar-refractivity contribution in [3.05, 3.63) is 12.7 Å². The van der Waals surface area contributed by atoms with E-state index in [4.69, 9.17) is 9.47 Å². The number of imidazole rings is 1. The Labute approximate surface area is 146 Å². The summed E-state index contributed by atoms with van der Waals surface area (Å²) in [5.74, 6) is 0.238. The maximum absolute atomic E-state index is 12.3. The Balaban J connectivity index is 2.38. The summed E-state index contributed by atoms with van der Waals surface area (Å²) in [7, 11) is 1.52. The van der Waals surface area contributed by atoms with Gasteiger partial charge in [-0.1, -0.05) is 0 Å². The lowest BCUT2D eigenvalue weighted by atomic mass is 10.2. The highest BCUT2D eigenvalue weighted by Gasteiger charge is 2.26. The average molecular weight is 349 g/mol. The van der Waals surface area contributed by atoms with Crippen LogP contribution in [0.1, 0.15) is 41.5 Å². The summed E-state index contributed by atoms with van der Waals surface area (Å²) in [4.78, 5) is 38.1. The molecule has 0 aliphatic carbocycles. The monoisotopic (exact) mass is 349 g/mol. The minimum atomic E-state index is -0.656. The summed E-state index contributed by atoms with van der Waals surface area (Å²) < 4.78 is 11.8. The summed E-state index contributed by atoms with van der Waals surface area (Å²) in [6.07, 6.45) is 1.35. The van der Waals surface area contributed by atoms with Gasteiger partial charge in [0.05, 0.1) is 0 Å². The second-order valence-corrected chi connectivity index (χ2v) is 7.50. The normalized spacial score (nSPS) is 12.1. The van der Waals surface area contributed by atoms with Crippen LogP contribution in [-0.2, 0) is 9.47 Å². The summed E-state index contributed by atoms with van der Waals surface area (Å²) in [6, 6.07) is 0. The molecule has 0 bridgehead atoms. The van der Waals surface area contributed by atoms with E-state index in [-0.39, 0.29) is 11.5 Å². The Morgan fingerprint density at radius 1 is 1.00 bits per heavy atom. The van der Waals surface area contributed by atoms with Crippen LogP contribution < -0.4 is 4.90 Å². The van der Waals surface area contributed by atoms with E-state index < -0.39 is 23.4 Å². The van der Waals surface area contributed by atoms with Gasteiger partial charge in [-0.25, -0.2) is 29.1 Å². The second-order valence-electron chi connectivity index (χ2n) is 7.50. The summed E-state index contributed by atoms with van der Waals surface area (Å²) >= 11 is 0. The quantitative estimate of drug-likeness (QED) is 0.780. The zero-order chi connectivity index (χ0) is 19.0. The van der Waals surface area contributed by atoms with Crippen LogP contribution in [0.3, 0.4) is 0 Å². The zero-order valence-corrected chi connectivity index (χ0v) is 15.5. The molecule has 1 amide bonds. The molecule has 2 aromatic heterocycles. The number of hydrogen-bond acceptors (Lipinski definition) is 7. The molecule has 2 aromatic rings. The van der Waals surface area contributed by atoms with E-state index >= 15 is 0 Å².